The topological polar surface area (TPSA) is 49.3 Å². The third-order valence-electron chi connectivity index (χ3n) is 2.71. The molecule has 2 aromatic rings. The summed E-state index contributed by atoms with van der Waals surface area (Å²) >= 11 is 3.72. The monoisotopic (exact) mass is 387 g/mol. The van der Waals surface area contributed by atoms with E-state index < -0.39 is 0 Å². The van der Waals surface area contributed by atoms with E-state index in [0.29, 0.717) is 12.0 Å². The molecule has 0 aliphatic rings. The van der Waals surface area contributed by atoms with E-state index in [2.05, 4.69) is 27.9 Å². The van der Waals surface area contributed by atoms with Crippen LogP contribution in [0.15, 0.2) is 41.8 Å². The largest absolute Gasteiger partial charge is 0.394 e. The van der Waals surface area contributed by atoms with Crippen LogP contribution in [0.25, 0.3) is 0 Å². The molecule has 1 amide bonds. The number of carbonyl (C=O) groups is 1. The van der Waals surface area contributed by atoms with Crippen LogP contribution in [0.4, 0.5) is 0 Å². The number of halogens is 1. The number of thiophene rings is 1. The van der Waals surface area contributed by atoms with Crippen molar-refractivity contribution in [1.82, 2.24) is 5.32 Å². The lowest BCUT2D eigenvalue weighted by atomic mass is 10.1. The van der Waals surface area contributed by atoms with Gasteiger partial charge in [-0.25, -0.2) is 0 Å². The van der Waals surface area contributed by atoms with Gasteiger partial charge in [-0.3, -0.25) is 4.79 Å². The van der Waals surface area contributed by atoms with Crippen LogP contribution in [0, 0.1) is 2.88 Å². The molecule has 1 aromatic heterocycles. The molecular weight excluding hydrogens is 373 g/mol. The highest BCUT2D eigenvalue weighted by molar-refractivity contribution is 14.1. The Labute approximate surface area is 129 Å². The summed E-state index contributed by atoms with van der Waals surface area (Å²) < 4.78 is 1.08. The number of rotatable bonds is 5. The Kier molecular flexibility index (Phi) is 5.35. The lowest BCUT2D eigenvalue weighted by Crippen LogP contribution is -2.38. The molecule has 0 bridgehead atoms. The molecule has 1 atom stereocenters. The number of carbonyl (C=O) groups excluding carboxylic acids is 1. The van der Waals surface area contributed by atoms with Gasteiger partial charge in [-0.1, -0.05) is 30.3 Å². The van der Waals surface area contributed by atoms with Crippen LogP contribution >= 0.6 is 33.9 Å². The Morgan fingerprint density at radius 3 is 2.68 bits per heavy atom. The average Bonchev–Trinajstić information content (AvgIpc) is 2.86. The standard InChI is InChI=1S/C14H14INO2S/c15-13-7-11(9-19-13)14(18)16-12(8-17)6-10-4-2-1-3-5-10/h1-5,7,9,12,17H,6,8H2,(H,16,18)/t12-/m1/s1. The van der Waals surface area contributed by atoms with E-state index in [9.17, 15) is 9.90 Å². The molecule has 100 valence electrons. The molecule has 1 aromatic carbocycles. The fourth-order valence-corrected chi connectivity index (χ4v) is 3.08. The maximum absolute atomic E-state index is 12.0. The molecule has 0 saturated heterocycles. The minimum atomic E-state index is -0.257. The van der Waals surface area contributed by atoms with Crippen LogP contribution in [-0.4, -0.2) is 23.7 Å². The first-order valence-electron chi connectivity index (χ1n) is 5.88. The number of amides is 1. The molecule has 0 unspecified atom stereocenters. The summed E-state index contributed by atoms with van der Waals surface area (Å²) in [6.07, 6.45) is 0.629. The zero-order chi connectivity index (χ0) is 13.7. The Morgan fingerprint density at radius 2 is 2.11 bits per heavy atom. The van der Waals surface area contributed by atoms with Crippen molar-refractivity contribution in [3.63, 3.8) is 0 Å². The fraction of sp³-hybridized carbons (Fsp3) is 0.214. The molecule has 0 aliphatic carbocycles. The Hall–Kier alpha value is -0.920. The molecule has 0 radical (unpaired) electrons. The van der Waals surface area contributed by atoms with Crippen molar-refractivity contribution in [2.45, 2.75) is 12.5 Å². The quantitative estimate of drug-likeness (QED) is 0.776. The van der Waals surface area contributed by atoms with Crippen molar-refractivity contribution in [3.05, 3.63) is 55.8 Å². The highest BCUT2D eigenvalue weighted by Crippen LogP contribution is 2.16. The first-order chi connectivity index (χ1) is 9.19. The first-order valence-corrected chi connectivity index (χ1v) is 7.84. The van der Waals surface area contributed by atoms with E-state index in [4.69, 9.17) is 0 Å². The van der Waals surface area contributed by atoms with E-state index in [1.54, 1.807) is 0 Å². The number of hydrogen-bond acceptors (Lipinski definition) is 3. The number of hydrogen-bond donors (Lipinski definition) is 2. The molecule has 19 heavy (non-hydrogen) atoms. The molecule has 0 aliphatic heterocycles. The smallest absolute Gasteiger partial charge is 0.252 e. The minimum Gasteiger partial charge on any atom is -0.394 e. The molecule has 1 heterocycles. The molecule has 2 rings (SSSR count). The van der Waals surface area contributed by atoms with E-state index in [1.807, 2.05) is 41.8 Å². The van der Waals surface area contributed by atoms with Crippen LogP contribution in [0.3, 0.4) is 0 Å². The molecule has 2 N–H and O–H groups in total. The van der Waals surface area contributed by atoms with Gasteiger partial charge in [0.1, 0.15) is 0 Å². The molecule has 3 nitrogen and oxygen atoms in total. The third-order valence-corrected chi connectivity index (χ3v) is 4.50. The van der Waals surface area contributed by atoms with E-state index >= 15 is 0 Å². The number of nitrogens with one attached hydrogen (secondary N) is 1. The molecule has 0 spiro atoms. The SMILES string of the molecule is O=C(N[C@@H](CO)Cc1ccccc1)c1csc(I)c1. The van der Waals surface area contributed by atoms with Crippen molar-refractivity contribution >= 4 is 39.8 Å². The normalized spacial score (nSPS) is 12.1. The van der Waals surface area contributed by atoms with Crippen LogP contribution in [0.1, 0.15) is 15.9 Å². The van der Waals surface area contributed by atoms with Crippen molar-refractivity contribution in [2.75, 3.05) is 6.61 Å². The highest BCUT2D eigenvalue weighted by atomic mass is 127. The third kappa shape index (κ3) is 4.29. The molecular formula is C14H14INO2S. The van der Waals surface area contributed by atoms with Gasteiger partial charge in [0.25, 0.3) is 5.91 Å². The van der Waals surface area contributed by atoms with Gasteiger partial charge in [0.05, 0.1) is 21.1 Å². The zero-order valence-electron chi connectivity index (χ0n) is 10.2. The number of aliphatic hydroxyl groups is 1. The van der Waals surface area contributed by atoms with Gasteiger partial charge in [-0.05, 0) is 40.6 Å². The highest BCUT2D eigenvalue weighted by Gasteiger charge is 2.14. The average molecular weight is 387 g/mol. The molecule has 0 saturated carbocycles. The Balaban J connectivity index is 1.97. The molecule has 0 fully saturated rings. The van der Waals surface area contributed by atoms with Gasteiger partial charge in [-0.2, -0.15) is 0 Å². The lowest BCUT2D eigenvalue weighted by molar-refractivity contribution is 0.0917. The summed E-state index contributed by atoms with van der Waals surface area (Å²) in [4.78, 5) is 12.0. The van der Waals surface area contributed by atoms with Crippen molar-refractivity contribution < 1.29 is 9.90 Å². The predicted molar refractivity (Wildman–Crippen MR) is 85.5 cm³/mol. The summed E-state index contributed by atoms with van der Waals surface area (Å²) in [6.45, 7) is -0.0676. The van der Waals surface area contributed by atoms with Gasteiger partial charge in [-0.15, -0.1) is 11.3 Å². The van der Waals surface area contributed by atoms with E-state index in [1.165, 1.54) is 11.3 Å². The summed E-state index contributed by atoms with van der Waals surface area (Å²) in [7, 11) is 0. The van der Waals surface area contributed by atoms with Crippen molar-refractivity contribution in [3.8, 4) is 0 Å². The van der Waals surface area contributed by atoms with Gasteiger partial charge in [0.15, 0.2) is 0 Å². The maximum atomic E-state index is 12.0. The second-order valence-electron chi connectivity index (χ2n) is 4.18. The van der Waals surface area contributed by atoms with Crippen molar-refractivity contribution in [1.29, 1.82) is 0 Å². The first kappa shape index (κ1) is 14.5. The number of aliphatic hydroxyl groups excluding tert-OH is 1. The second-order valence-corrected chi connectivity index (χ2v) is 6.99. The van der Waals surface area contributed by atoms with E-state index in [-0.39, 0.29) is 18.6 Å². The van der Waals surface area contributed by atoms with Gasteiger partial charge in [0.2, 0.25) is 0 Å². The molecule has 5 heteroatoms. The Bertz CT molecular complexity index is 541. The van der Waals surface area contributed by atoms with Crippen LogP contribution in [0.5, 0.6) is 0 Å². The van der Waals surface area contributed by atoms with Gasteiger partial charge in [0, 0.05) is 5.38 Å². The van der Waals surface area contributed by atoms with Gasteiger partial charge < -0.3 is 10.4 Å². The van der Waals surface area contributed by atoms with Crippen LogP contribution in [-0.2, 0) is 6.42 Å². The van der Waals surface area contributed by atoms with Crippen molar-refractivity contribution in [2.24, 2.45) is 0 Å². The van der Waals surface area contributed by atoms with E-state index in [0.717, 1.165) is 8.45 Å². The zero-order valence-corrected chi connectivity index (χ0v) is 13.1. The fourth-order valence-electron chi connectivity index (χ4n) is 1.76. The summed E-state index contributed by atoms with van der Waals surface area (Å²) in [5, 5.41) is 14.1. The summed E-state index contributed by atoms with van der Waals surface area (Å²) in [6, 6.07) is 11.4. The predicted octanol–water partition coefficient (Wildman–Crippen LogP) is 2.69. The van der Waals surface area contributed by atoms with Crippen LogP contribution in [0.2, 0.25) is 0 Å². The van der Waals surface area contributed by atoms with Gasteiger partial charge >= 0.3 is 0 Å². The maximum Gasteiger partial charge on any atom is 0.252 e. The lowest BCUT2D eigenvalue weighted by Gasteiger charge is -2.15. The summed E-state index contributed by atoms with van der Waals surface area (Å²) in [5.74, 6) is -0.130. The summed E-state index contributed by atoms with van der Waals surface area (Å²) in [5.41, 5.74) is 1.75. The number of benzene rings is 1. The minimum absolute atomic E-state index is 0.0676. The Morgan fingerprint density at radius 1 is 1.37 bits per heavy atom. The second kappa shape index (κ2) is 7.02. The van der Waals surface area contributed by atoms with Crippen LogP contribution < -0.4 is 5.32 Å².